The average Bonchev–Trinajstić information content (AvgIpc) is 3.62. The predicted octanol–water partition coefficient (Wildman–Crippen LogP) is 2.40. The Labute approximate surface area is 239 Å². The van der Waals surface area contributed by atoms with Crippen molar-refractivity contribution in [2.24, 2.45) is 0 Å². The minimum atomic E-state index is -0.174. The number of benzene rings is 2. The van der Waals surface area contributed by atoms with Crippen molar-refractivity contribution in [3.8, 4) is 10.6 Å². The number of fused-ring (bicyclic) bond motifs is 1. The lowest BCUT2D eigenvalue weighted by atomic mass is 10.1. The standard InChI is InChI=1S/C29H37N7O3S/c1-5-31-12-13-32-26(37)18-35(19-27(38)34(4)36-16-22-8-6-7-9-23(22)17-36)24-11-10-21(14-20(24)2)29-33-15-25(40-29)28(39)30-3/h6-11,14-15,31H,5,12-13,16-19H2,1-4H3,(H,30,39)(H,32,37). The van der Waals surface area contributed by atoms with Crippen LogP contribution in [0.25, 0.3) is 10.6 Å². The number of likely N-dealkylation sites (N-methyl/N-ethyl adjacent to an activating group) is 2. The zero-order chi connectivity index (χ0) is 28.6. The number of hydrazine groups is 1. The molecule has 40 heavy (non-hydrogen) atoms. The monoisotopic (exact) mass is 563 g/mol. The number of nitrogens with one attached hydrogen (secondary N) is 3. The summed E-state index contributed by atoms with van der Waals surface area (Å²) in [7, 11) is 3.37. The first kappa shape index (κ1) is 29.2. The van der Waals surface area contributed by atoms with Gasteiger partial charge in [-0.15, -0.1) is 11.3 Å². The van der Waals surface area contributed by atoms with Gasteiger partial charge >= 0.3 is 0 Å². The fourth-order valence-electron chi connectivity index (χ4n) is 4.65. The van der Waals surface area contributed by atoms with Crippen molar-refractivity contribution in [1.82, 2.24) is 31.0 Å². The summed E-state index contributed by atoms with van der Waals surface area (Å²) in [4.78, 5) is 45.1. The molecule has 3 amide bonds. The molecule has 0 atom stereocenters. The van der Waals surface area contributed by atoms with E-state index in [4.69, 9.17) is 0 Å². The minimum Gasteiger partial charge on any atom is -0.354 e. The Morgan fingerprint density at radius 3 is 2.42 bits per heavy atom. The Bertz CT molecular complexity index is 1330. The molecule has 1 aliphatic rings. The zero-order valence-corrected chi connectivity index (χ0v) is 24.3. The summed E-state index contributed by atoms with van der Waals surface area (Å²) in [6.07, 6.45) is 1.57. The number of aromatic nitrogens is 1. The largest absolute Gasteiger partial charge is 0.354 e. The highest BCUT2D eigenvalue weighted by molar-refractivity contribution is 7.16. The maximum atomic E-state index is 13.5. The molecule has 0 unspecified atom stereocenters. The highest BCUT2D eigenvalue weighted by atomic mass is 32.1. The van der Waals surface area contributed by atoms with Crippen molar-refractivity contribution in [3.05, 3.63) is 70.2 Å². The number of carbonyl (C=O) groups is 3. The lowest BCUT2D eigenvalue weighted by Gasteiger charge is -2.32. The Morgan fingerprint density at radius 1 is 1.05 bits per heavy atom. The maximum absolute atomic E-state index is 13.5. The van der Waals surface area contributed by atoms with E-state index in [0.717, 1.165) is 28.4 Å². The van der Waals surface area contributed by atoms with E-state index in [2.05, 4.69) is 33.1 Å². The molecule has 0 bridgehead atoms. The molecule has 1 aromatic heterocycles. The van der Waals surface area contributed by atoms with E-state index in [1.54, 1.807) is 25.3 Å². The number of hydrogen-bond donors (Lipinski definition) is 3. The SMILES string of the molecule is CCNCCNC(=O)CN(CC(=O)N(C)N1Cc2ccccc2C1)c1ccc(-c2ncc(C(=O)NC)s2)cc1C. The average molecular weight is 564 g/mol. The number of thiazole rings is 1. The number of nitrogens with zero attached hydrogens (tertiary/aromatic N) is 4. The van der Waals surface area contributed by atoms with Crippen LogP contribution in [0.3, 0.4) is 0 Å². The fourth-order valence-corrected chi connectivity index (χ4v) is 5.51. The summed E-state index contributed by atoms with van der Waals surface area (Å²) in [5.74, 6) is -0.431. The second-order valence-corrected chi connectivity index (χ2v) is 10.7. The first-order valence-corrected chi connectivity index (χ1v) is 14.2. The van der Waals surface area contributed by atoms with Crippen LogP contribution in [0.5, 0.6) is 0 Å². The molecule has 0 aliphatic carbocycles. The van der Waals surface area contributed by atoms with Gasteiger partial charge in [0.15, 0.2) is 0 Å². The van der Waals surface area contributed by atoms with Crippen LogP contribution in [-0.2, 0) is 22.7 Å². The molecular formula is C29H37N7O3S. The quantitative estimate of drug-likeness (QED) is 0.290. The summed E-state index contributed by atoms with van der Waals surface area (Å²) < 4.78 is 0. The second-order valence-electron chi connectivity index (χ2n) is 9.68. The molecule has 0 fully saturated rings. The topological polar surface area (TPSA) is 110 Å². The molecule has 3 N–H and O–H groups in total. The fraction of sp³-hybridized carbons (Fsp3) is 0.379. The van der Waals surface area contributed by atoms with Crippen molar-refractivity contribution in [2.75, 3.05) is 51.7 Å². The molecule has 2 aromatic carbocycles. The van der Waals surface area contributed by atoms with Crippen molar-refractivity contribution < 1.29 is 14.4 Å². The van der Waals surface area contributed by atoms with Crippen LogP contribution in [0.4, 0.5) is 5.69 Å². The summed E-state index contributed by atoms with van der Waals surface area (Å²) in [6, 6.07) is 14.0. The molecule has 10 nitrogen and oxygen atoms in total. The molecule has 0 radical (unpaired) electrons. The van der Waals surface area contributed by atoms with Gasteiger partial charge in [-0.1, -0.05) is 31.2 Å². The zero-order valence-electron chi connectivity index (χ0n) is 23.5. The van der Waals surface area contributed by atoms with Gasteiger partial charge in [0.2, 0.25) is 5.91 Å². The number of carbonyl (C=O) groups excluding carboxylic acids is 3. The predicted molar refractivity (Wildman–Crippen MR) is 158 cm³/mol. The Morgan fingerprint density at radius 2 is 1.77 bits per heavy atom. The number of amides is 3. The van der Waals surface area contributed by atoms with Crippen LogP contribution in [0.15, 0.2) is 48.7 Å². The molecule has 0 saturated heterocycles. The molecule has 0 saturated carbocycles. The van der Waals surface area contributed by atoms with Crippen molar-refractivity contribution >= 4 is 34.7 Å². The van der Waals surface area contributed by atoms with Crippen molar-refractivity contribution in [2.45, 2.75) is 26.9 Å². The van der Waals surface area contributed by atoms with Gasteiger partial charge in [-0.05, 0) is 48.4 Å². The minimum absolute atomic E-state index is 0.0439. The van der Waals surface area contributed by atoms with Gasteiger partial charge in [-0.25, -0.2) is 9.99 Å². The van der Waals surface area contributed by atoms with E-state index >= 15 is 0 Å². The Hall–Kier alpha value is -3.80. The Balaban J connectivity index is 1.51. The normalized spacial score (nSPS) is 12.6. The summed E-state index contributed by atoms with van der Waals surface area (Å²) in [6.45, 7) is 7.42. The highest BCUT2D eigenvalue weighted by Crippen LogP contribution is 2.30. The molecule has 2 heterocycles. The van der Waals surface area contributed by atoms with Crippen molar-refractivity contribution in [1.29, 1.82) is 0 Å². The van der Waals surface area contributed by atoms with E-state index in [-0.39, 0.29) is 30.8 Å². The van der Waals surface area contributed by atoms with Gasteiger partial charge in [0.05, 0.1) is 19.3 Å². The summed E-state index contributed by atoms with van der Waals surface area (Å²) >= 11 is 1.32. The molecule has 1 aliphatic heterocycles. The van der Waals surface area contributed by atoms with Gasteiger partial charge in [0, 0.05) is 51.5 Å². The molecule has 11 heteroatoms. The van der Waals surface area contributed by atoms with E-state index in [9.17, 15) is 14.4 Å². The Kier molecular flexibility index (Phi) is 9.86. The molecule has 0 spiro atoms. The van der Waals surface area contributed by atoms with Crippen LogP contribution in [0.2, 0.25) is 0 Å². The van der Waals surface area contributed by atoms with E-state index in [0.29, 0.717) is 31.1 Å². The van der Waals surface area contributed by atoms with E-state index in [1.165, 1.54) is 22.5 Å². The first-order chi connectivity index (χ1) is 19.3. The van der Waals surface area contributed by atoms with Crippen LogP contribution in [0, 0.1) is 6.92 Å². The van der Waals surface area contributed by atoms with Gasteiger partial charge in [0.25, 0.3) is 11.8 Å². The number of aryl methyl sites for hydroxylation is 1. The molecule has 3 aromatic rings. The van der Waals surface area contributed by atoms with Crippen LogP contribution < -0.4 is 20.9 Å². The number of rotatable bonds is 12. The molecule has 212 valence electrons. The third-order valence-electron chi connectivity index (χ3n) is 6.88. The van der Waals surface area contributed by atoms with Crippen LogP contribution >= 0.6 is 11.3 Å². The lowest BCUT2D eigenvalue weighted by Crippen LogP contribution is -2.48. The van der Waals surface area contributed by atoms with Gasteiger partial charge in [-0.2, -0.15) is 0 Å². The van der Waals surface area contributed by atoms with Gasteiger partial charge < -0.3 is 20.9 Å². The molecular weight excluding hydrogens is 526 g/mol. The number of hydrogen-bond acceptors (Lipinski definition) is 8. The van der Waals surface area contributed by atoms with Gasteiger partial charge in [-0.3, -0.25) is 19.4 Å². The third kappa shape index (κ3) is 7.04. The summed E-state index contributed by atoms with van der Waals surface area (Å²) in [5.41, 5.74) is 4.99. The van der Waals surface area contributed by atoms with Crippen molar-refractivity contribution in [3.63, 3.8) is 0 Å². The number of anilines is 1. The van der Waals surface area contributed by atoms with Gasteiger partial charge in [0.1, 0.15) is 9.88 Å². The van der Waals surface area contributed by atoms with Crippen LogP contribution in [0.1, 0.15) is 33.3 Å². The maximum Gasteiger partial charge on any atom is 0.262 e. The highest BCUT2D eigenvalue weighted by Gasteiger charge is 2.27. The lowest BCUT2D eigenvalue weighted by molar-refractivity contribution is -0.145. The third-order valence-corrected chi connectivity index (χ3v) is 7.93. The van der Waals surface area contributed by atoms with E-state index < -0.39 is 0 Å². The molecule has 4 rings (SSSR count). The van der Waals surface area contributed by atoms with E-state index in [1.807, 2.05) is 54.1 Å². The first-order valence-electron chi connectivity index (χ1n) is 13.4. The summed E-state index contributed by atoms with van der Waals surface area (Å²) in [5, 5.41) is 13.2. The smallest absolute Gasteiger partial charge is 0.262 e. The second kappa shape index (κ2) is 13.5. The van der Waals surface area contributed by atoms with Crippen LogP contribution in [-0.4, -0.2) is 79.5 Å².